The van der Waals surface area contributed by atoms with Gasteiger partial charge in [-0.2, -0.15) is 0 Å². The van der Waals surface area contributed by atoms with Gasteiger partial charge in [0.25, 0.3) is 0 Å². The average molecular weight is 254 g/mol. The van der Waals surface area contributed by atoms with E-state index in [1.807, 2.05) is 0 Å². The van der Waals surface area contributed by atoms with Gasteiger partial charge in [0.1, 0.15) is 12.2 Å². The van der Waals surface area contributed by atoms with E-state index < -0.39 is 24.9 Å². The van der Waals surface area contributed by atoms with Crippen LogP contribution in [-0.4, -0.2) is 61.4 Å². The standard InChI is InChI=1S/C9H18O4S2/c10-5-7(12)9(13)6(11)4-8-14-2-1-3-15-8/h6-13H,1-5H2/t6-,7+,9-/m1/s1. The molecule has 15 heavy (non-hydrogen) atoms. The highest BCUT2D eigenvalue weighted by Crippen LogP contribution is 2.34. The minimum atomic E-state index is -1.25. The smallest absolute Gasteiger partial charge is 0.108 e. The first kappa shape index (κ1) is 13.6. The molecule has 0 aromatic heterocycles. The molecule has 0 saturated carbocycles. The van der Waals surface area contributed by atoms with Gasteiger partial charge in [0, 0.05) is 0 Å². The maximum atomic E-state index is 9.62. The van der Waals surface area contributed by atoms with Crippen LogP contribution in [0, 0.1) is 0 Å². The molecule has 6 heteroatoms. The van der Waals surface area contributed by atoms with E-state index in [1.54, 1.807) is 23.5 Å². The zero-order chi connectivity index (χ0) is 11.3. The molecule has 0 spiro atoms. The molecule has 0 aromatic rings. The number of aliphatic hydroxyl groups excluding tert-OH is 4. The molecule has 1 heterocycles. The van der Waals surface area contributed by atoms with Crippen molar-refractivity contribution in [3.05, 3.63) is 0 Å². The zero-order valence-electron chi connectivity index (χ0n) is 8.45. The number of hydrogen-bond acceptors (Lipinski definition) is 6. The van der Waals surface area contributed by atoms with Crippen molar-refractivity contribution in [1.82, 2.24) is 0 Å². The van der Waals surface area contributed by atoms with Crippen molar-refractivity contribution in [1.29, 1.82) is 0 Å². The van der Waals surface area contributed by atoms with Crippen molar-refractivity contribution in [2.75, 3.05) is 18.1 Å². The first-order valence-corrected chi connectivity index (χ1v) is 7.13. The minimum absolute atomic E-state index is 0.286. The highest BCUT2D eigenvalue weighted by Gasteiger charge is 2.27. The van der Waals surface area contributed by atoms with Crippen LogP contribution in [0.2, 0.25) is 0 Å². The van der Waals surface area contributed by atoms with Crippen molar-refractivity contribution < 1.29 is 20.4 Å². The Balaban J connectivity index is 2.29. The summed E-state index contributed by atoms with van der Waals surface area (Å²) in [5.74, 6) is 2.17. The van der Waals surface area contributed by atoms with Crippen LogP contribution >= 0.6 is 23.5 Å². The van der Waals surface area contributed by atoms with Crippen LogP contribution in [0.25, 0.3) is 0 Å². The van der Waals surface area contributed by atoms with E-state index in [-0.39, 0.29) is 4.58 Å². The van der Waals surface area contributed by atoms with Crippen LogP contribution in [0.4, 0.5) is 0 Å². The molecule has 1 aliphatic heterocycles. The third-order valence-electron chi connectivity index (χ3n) is 2.31. The maximum Gasteiger partial charge on any atom is 0.108 e. The molecular weight excluding hydrogens is 236 g/mol. The number of aliphatic hydroxyl groups is 4. The van der Waals surface area contributed by atoms with Gasteiger partial charge >= 0.3 is 0 Å². The second kappa shape index (κ2) is 6.98. The number of thioether (sulfide) groups is 2. The van der Waals surface area contributed by atoms with Gasteiger partial charge < -0.3 is 20.4 Å². The highest BCUT2D eigenvalue weighted by molar-refractivity contribution is 8.17. The summed E-state index contributed by atoms with van der Waals surface area (Å²) in [5.41, 5.74) is 0. The number of rotatable bonds is 5. The average Bonchev–Trinajstić information content (AvgIpc) is 2.28. The van der Waals surface area contributed by atoms with Gasteiger partial charge in [-0.1, -0.05) is 0 Å². The SMILES string of the molecule is OC[C@H](O)[C@H](O)[C@H](O)CC1SCCCS1. The highest BCUT2D eigenvalue weighted by atomic mass is 32.2. The Kier molecular flexibility index (Phi) is 6.33. The van der Waals surface area contributed by atoms with Crippen molar-refractivity contribution in [2.45, 2.75) is 35.7 Å². The van der Waals surface area contributed by atoms with E-state index in [0.29, 0.717) is 6.42 Å². The summed E-state index contributed by atoms with van der Waals surface area (Å²) in [5, 5.41) is 36.8. The first-order chi connectivity index (χ1) is 7.15. The van der Waals surface area contributed by atoms with E-state index in [1.165, 1.54) is 6.42 Å². The first-order valence-electron chi connectivity index (χ1n) is 5.03. The minimum Gasteiger partial charge on any atom is -0.394 e. The molecule has 3 atom stereocenters. The Bertz CT molecular complexity index is 175. The van der Waals surface area contributed by atoms with Gasteiger partial charge in [-0.05, 0) is 24.3 Å². The normalized spacial score (nSPS) is 24.8. The van der Waals surface area contributed by atoms with Crippen LogP contribution in [0.1, 0.15) is 12.8 Å². The zero-order valence-corrected chi connectivity index (χ0v) is 10.1. The van der Waals surface area contributed by atoms with Crippen LogP contribution in [0.3, 0.4) is 0 Å². The molecule has 0 amide bonds. The third kappa shape index (κ3) is 4.50. The summed E-state index contributed by atoms with van der Waals surface area (Å²) >= 11 is 3.55. The van der Waals surface area contributed by atoms with Crippen LogP contribution in [0.5, 0.6) is 0 Å². The molecular formula is C9H18O4S2. The van der Waals surface area contributed by atoms with Crippen molar-refractivity contribution in [3.8, 4) is 0 Å². The van der Waals surface area contributed by atoms with E-state index >= 15 is 0 Å². The van der Waals surface area contributed by atoms with Crippen LogP contribution < -0.4 is 0 Å². The molecule has 1 saturated heterocycles. The lowest BCUT2D eigenvalue weighted by Crippen LogP contribution is -2.40. The third-order valence-corrected chi connectivity index (χ3v) is 5.30. The molecule has 90 valence electrons. The molecule has 1 fully saturated rings. The monoisotopic (exact) mass is 254 g/mol. The van der Waals surface area contributed by atoms with Crippen molar-refractivity contribution >= 4 is 23.5 Å². The Morgan fingerprint density at radius 1 is 1.07 bits per heavy atom. The second-order valence-electron chi connectivity index (χ2n) is 3.57. The Morgan fingerprint density at radius 3 is 2.20 bits per heavy atom. The van der Waals surface area contributed by atoms with Gasteiger partial charge in [-0.25, -0.2) is 0 Å². The lowest BCUT2D eigenvalue weighted by molar-refractivity contribution is -0.0769. The molecule has 1 aliphatic rings. The lowest BCUT2D eigenvalue weighted by atomic mass is 10.1. The van der Waals surface area contributed by atoms with Crippen molar-refractivity contribution in [3.63, 3.8) is 0 Å². The van der Waals surface area contributed by atoms with Crippen LogP contribution in [-0.2, 0) is 0 Å². The Labute approximate surface area is 98.1 Å². The van der Waals surface area contributed by atoms with Gasteiger partial charge in [0.2, 0.25) is 0 Å². The Hall–Kier alpha value is 0.540. The second-order valence-corrected chi connectivity index (χ2v) is 6.49. The lowest BCUT2D eigenvalue weighted by Gasteiger charge is -2.27. The van der Waals surface area contributed by atoms with Crippen LogP contribution in [0.15, 0.2) is 0 Å². The predicted molar refractivity (Wildman–Crippen MR) is 63.0 cm³/mol. The molecule has 4 nitrogen and oxygen atoms in total. The molecule has 0 aromatic carbocycles. The maximum absolute atomic E-state index is 9.62. The summed E-state index contributed by atoms with van der Waals surface area (Å²) in [7, 11) is 0. The molecule has 1 rings (SSSR count). The summed E-state index contributed by atoms with van der Waals surface area (Å²) in [6.45, 7) is -0.525. The topological polar surface area (TPSA) is 80.9 Å². The summed E-state index contributed by atoms with van der Waals surface area (Å²) in [4.78, 5) is 0. The van der Waals surface area contributed by atoms with Gasteiger partial charge in [0.05, 0.1) is 17.3 Å². The Morgan fingerprint density at radius 2 is 1.67 bits per heavy atom. The molecule has 0 unspecified atom stereocenters. The predicted octanol–water partition coefficient (Wildman–Crippen LogP) is -0.352. The fraction of sp³-hybridized carbons (Fsp3) is 1.00. The summed E-state index contributed by atoms with van der Waals surface area (Å²) in [6.07, 6.45) is -1.83. The van der Waals surface area contributed by atoms with Gasteiger partial charge in [0.15, 0.2) is 0 Å². The summed E-state index contributed by atoms with van der Waals surface area (Å²) < 4.78 is 0.286. The van der Waals surface area contributed by atoms with E-state index in [0.717, 1.165) is 11.5 Å². The fourth-order valence-electron chi connectivity index (χ4n) is 1.37. The quantitative estimate of drug-likeness (QED) is 0.537. The molecule has 0 bridgehead atoms. The summed E-state index contributed by atoms with van der Waals surface area (Å²) in [6, 6.07) is 0. The largest absolute Gasteiger partial charge is 0.394 e. The van der Waals surface area contributed by atoms with E-state index in [4.69, 9.17) is 10.2 Å². The molecule has 0 radical (unpaired) electrons. The molecule has 4 N–H and O–H groups in total. The fourth-order valence-corrected chi connectivity index (χ4v) is 4.33. The van der Waals surface area contributed by atoms with Gasteiger partial charge in [-0.3, -0.25) is 0 Å². The van der Waals surface area contributed by atoms with E-state index in [9.17, 15) is 10.2 Å². The number of hydrogen-bond donors (Lipinski definition) is 4. The van der Waals surface area contributed by atoms with Gasteiger partial charge in [-0.15, -0.1) is 23.5 Å². The van der Waals surface area contributed by atoms with E-state index in [2.05, 4.69) is 0 Å². The van der Waals surface area contributed by atoms with Crippen molar-refractivity contribution in [2.24, 2.45) is 0 Å². The molecule has 0 aliphatic carbocycles.